The van der Waals surface area contributed by atoms with E-state index in [1.54, 1.807) is 12.1 Å². The number of amides is 1. The summed E-state index contributed by atoms with van der Waals surface area (Å²) in [7, 11) is -4.11. The van der Waals surface area contributed by atoms with Gasteiger partial charge in [0.1, 0.15) is 5.69 Å². The number of pyridine rings is 1. The summed E-state index contributed by atoms with van der Waals surface area (Å²) in [6.07, 6.45) is 3.79. The molecule has 1 N–H and O–H groups in total. The quantitative estimate of drug-likeness (QED) is 0.773. The smallest absolute Gasteiger partial charge is 0.274 e. The molecule has 0 atom stereocenters. The van der Waals surface area contributed by atoms with Gasteiger partial charge in [-0.3, -0.25) is 9.78 Å². The fraction of sp³-hybridized carbons (Fsp3) is 0. The molecule has 3 rings (SSSR count). The molecule has 1 amide bonds. The average Bonchev–Trinajstić information content (AvgIpc) is 3.07. The maximum atomic E-state index is 13.3. The van der Waals surface area contributed by atoms with Gasteiger partial charge in [-0.1, -0.05) is 6.07 Å². The molecule has 0 fully saturated rings. The SMILES string of the molecule is O=C(Nc1ccn(S(=O)(=O)c2ccc(F)c(F)c2)c1)c1ccccn1. The lowest BCUT2D eigenvalue weighted by molar-refractivity contribution is 0.102. The second-order valence-corrected chi connectivity index (χ2v) is 6.82. The first-order valence-electron chi connectivity index (χ1n) is 6.99. The highest BCUT2D eigenvalue weighted by Gasteiger charge is 2.19. The van der Waals surface area contributed by atoms with Crippen molar-refractivity contribution in [2.75, 3.05) is 5.32 Å². The lowest BCUT2D eigenvalue weighted by Crippen LogP contribution is -2.14. The van der Waals surface area contributed by atoms with Crippen LogP contribution in [0.3, 0.4) is 0 Å². The molecule has 2 heterocycles. The lowest BCUT2D eigenvalue weighted by Gasteiger charge is -2.06. The molecule has 128 valence electrons. The highest BCUT2D eigenvalue weighted by molar-refractivity contribution is 7.90. The lowest BCUT2D eigenvalue weighted by atomic mass is 10.3. The molecule has 0 spiro atoms. The summed E-state index contributed by atoms with van der Waals surface area (Å²) in [6, 6.07) is 8.44. The van der Waals surface area contributed by atoms with E-state index in [2.05, 4.69) is 10.3 Å². The Morgan fingerprint density at radius 2 is 1.88 bits per heavy atom. The number of carbonyl (C=O) groups is 1. The molecule has 1 aromatic carbocycles. The predicted octanol–water partition coefficient (Wildman–Crippen LogP) is 2.65. The molecule has 0 aliphatic heterocycles. The van der Waals surface area contributed by atoms with Crippen LogP contribution in [-0.4, -0.2) is 23.3 Å². The molecule has 25 heavy (non-hydrogen) atoms. The summed E-state index contributed by atoms with van der Waals surface area (Å²) < 4.78 is 51.9. The summed E-state index contributed by atoms with van der Waals surface area (Å²) in [5.41, 5.74) is 0.375. The van der Waals surface area contributed by atoms with Gasteiger partial charge in [-0.25, -0.2) is 21.2 Å². The van der Waals surface area contributed by atoms with E-state index in [4.69, 9.17) is 0 Å². The van der Waals surface area contributed by atoms with Crippen molar-refractivity contribution < 1.29 is 22.0 Å². The summed E-state index contributed by atoms with van der Waals surface area (Å²) in [6.45, 7) is 0. The Morgan fingerprint density at radius 1 is 1.08 bits per heavy atom. The molecular weight excluding hydrogens is 352 g/mol. The topological polar surface area (TPSA) is 81.1 Å². The minimum Gasteiger partial charge on any atom is -0.319 e. The van der Waals surface area contributed by atoms with Crippen LogP contribution >= 0.6 is 0 Å². The molecule has 3 aromatic rings. The van der Waals surface area contributed by atoms with Crippen molar-refractivity contribution >= 4 is 21.6 Å². The van der Waals surface area contributed by atoms with E-state index < -0.39 is 32.5 Å². The number of benzene rings is 1. The number of aromatic nitrogens is 2. The van der Waals surface area contributed by atoms with Gasteiger partial charge < -0.3 is 5.32 Å². The number of nitrogens with one attached hydrogen (secondary N) is 1. The third kappa shape index (κ3) is 3.41. The first-order chi connectivity index (χ1) is 11.9. The molecule has 0 saturated carbocycles. The van der Waals surface area contributed by atoms with Gasteiger partial charge in [0.15, 0.2) is 11.6 Å². The normalized spacial score (nSPS) is 11.3. The van der Waals surface area contributed by atoms with Gasteiger partial charge in [0.25, 0.3) is 15.9 Å². The van der Waals surface area contributed by atoms with Gasteiger partial charge in [-0.2, -0.15) is 0 Å². The molecule has 0 aliphatic rings. The van der Waals surface area contributed by atoms with Crippen LogP contribution in [0.4, 0.5) is 14.5 Å². The molecule has 0 unspecified atom stereocenters. The van der Waals surface area contributed by atoms with Crippen LogP contribution in [0.2, 0.25) is 0 Å². The standard InChI is InChI=1S/C16H11F2N3O3S/c17-13-5-4-12(9-14(13)18)25(23,24)21-8-6-11(10-21)20-16(22)15-3-1-2-7-19-15/h1-10H,(H,20,22). The van der Waals surface area contributed by atoms with Gasteiger partial charge in [0, 0.05) is 18.6 Å². The van der Waals surface area contributed by atoms with Gasteiger partial charge in [-0.15, -0.1) is 0 Å². The predicted molar refractivity (Wildman–Crippen MR) is 85.6 cm³/mol. The van der Waals surface area contributed by atoms with Crippen molar-refractivity contribution in [1.29, 1.82) is 0 Å². The summed E-state index contributed by atoms with van der Waals surface area (Å²) in [5, 5.41) is 2.50. The fourth-order valence-electron chi connectivity index (χ4n) is 2.05. The molecule has 9 heteroatoms. The highest BCUT2D eigenvalue weighted by atomic mass is 32.2. The Kier molecular flexibility index (Phi) is 4.32. The minimum atomic E-state index is -4.11. The van der Waals surface area contributed by atoms with E-state index in [1.165, 1.54) is 24.5 Å². The van der Waals surface area contributed by atoms with E-state index in [0.717, 1.165) is 22.3 Å². The third-order valence-corrected chi connectivity index (χ3v) is 4.92. The molecular formula is C16H11F2N3O3S. The van der Waals surface area contributed by atoms with Gasteiger partial charge >= 0.3 is 0 Å². The van der Waals surface area contributed by atoms with Crippen LogP contribution in [-0.2, 0) is 10.0 Å². The van der Waals surface area contributed by atoms with E-state index in [0.29, 0.717) is 6.07 Å². The fourth-order valence-corrected chi connectivity index (χ4v) is 3.26. The van der Waals surface area contributed by atoms with E-state index in [-0.39, 0.29) is 11.4 Å². The second kappa shape index (κ2) is 6.44. The zero-order chi connectivity index (χ0) is 18.0. The number of carbonyl (C=O) groups excluding carboxylic acids is 1. The van der Waals surface area contributed by atoms with Crippen molar-refractivity contribution in [3.63, 3.8) is 0 Å². The summed E-state index contributed by atoms with van der Waals surface area (Å²) in [4.78, 5) is 15.5. The number of rotatable bonds is 4. The van der Waals surface area contributed by atoms with Crippen molar-refractivity contribution in [1.82, 2.24) is 8.96 Å². The van der Waals surface area contributed by atoms with E-state index in [1.807, 2.05) is 0 Å². The Hall–Kier alpha value is -3.07. The maximum absolute atomic E-state index is 13.3. The van der Waals surface area contributed by atoms with Crippen molar-refractivity contribution in [2.24, 2.45) is 0 Å². The first kappa shape index (κ1) is 16.8. The summed E-state index contributed by atoms with van der Waals surface area (Å²) in [5.74, 6) is -2.92. The maximum Gasteiger partial charge on any atom is 0.274 e. The molecule has 0 radical (unpaired) electrons. The Morgan fingerprint density at radius 3 is 2.56 bits per heavy atom. The Labute approximate surface area is 141 Å². The van der Waals surface area contributed by atoms with Crippen molar-refractivity contribution in [2.45, 2.75) is 4.90 Å². The van der Waals surface area contributed by atoms with Crippen molar-refractivity contribution in [3.8, 4) is 0 Å². The van der Waals surface area contributed by atoms with Crippen LogP contribution < -0.4 is 5.32 Å². The number of anilines is 1. The van der Waals surface area contributed by atoms with Crippen LogP contribution in [0, 0.1) is 11.6 Å². The van der Waals surface area contributed by atoms with Crippen LogP contribution in [0.5, 0.6) is 0 Å². The zero-order valence-electron chi connectivity index (χ0n) is 12.6. The molecule has 6 nitrogen and oxygen atoms in total. The Balaban J connectivity index is 1.85. The van der Waals surface area contributed by atoms with Crippen LogP contribution in [0.25, 0.3) is 0 Å². The van der Waals surface area contributed by atoms with Crippen LogP contribution in [0.1, 0.15) is 10.5 Å². The number of halogens is 2. The summed E-state index contributed by atoms with van der Waals surface area (Å²) >= 11 is 0. The number of hydrogen-bond acceptors (Lipinski definition) is 4. The van der Waals surface area contributed by atoms with Gasteiger partial charge in [0.2, 0.25) is 0 Å². The highest BCUT2D eigenvalue weighted by Crippen LogP contribution is 2.19. The van der Waals surface area contributed by atoms with Crippen LogP contribution in [0.15, 0.2) is 66.0 Å². The molecule has 2 aromatic heterocycles. The molecule has 0 bridgehead atoms. The molecule has 0 aliphatic carbocycles. The van der Waals surface area contributed by atoms with E-state index in [9.17, 15) is 22.0 Å². The zero-order valence-corrected chi connectivity index (χ0v) is 13.4. The monoisotopic (exact) mass is 363 g/mol. The first-order valence-corrected chi connectivity index (χ1v) is 8.43. The molecule has 0 saturated heterocycles. The third-order valence-electron chi connectivity index (χ3n) is 3.29. The number of nitrogens with zero attached hydrogens (tertiary/aromatic N) is 2. The Bertz CT molecular complexity index is 1030. The van der Waals surface area contributed by atoms with Crippen molar-refractivity contribution in [3.05, 3.63) is 78.4 Å². The second-order valence-electron chi connectivity index (χ2n) is 4.98. The van der Waals surface area contributed by atoms with E-state index >= 15 is 0 Å². The van der Waals surface area contributed by atoms with Gasteiger partial charge in [0.05, 0.1) is 10.6 Å². The minimum absolute atomic E-state index is 0.165. The van der Waals surface area contributed by atoms with Gasteiger partial charge in [-0.05, 0) is 36.4 Å². The average molecular weight is 363 g/mol. The number of hydrogen-bond donors (Lipinski definition) is 1. The largest absolute Gasteiger partial charge is 0.319 e.